The summed E-state index contributed by atoms with van der Waals surface area (Å²) in [6.45, 7) is 0.978. The van der Waals surface area contributed by atoms with Crippen LogP contribution in [-0.2, 0) is 17.7 Å². The number of ether oxygens (including phenoxy) is 1. The van der Waals surface area contributed by atoms with Crippen molar-refractivity contribution in [3.8, 4) is 0 Å². The van der Waals surface area contributed by atoms with E-state index in [4.69, 9.17) is 10.5 Å². The molecular formula is C13H16N4O2. The summed E-state index contributed by atoms with van der Waals surface area (Å²) >= 11 is 0. The van der Waals surface area contributed by atoms with Gasteiger partial charge in [-0.3, -0.25) is 0 Å². The molecule has 0 bridgehead atoms. The van der Waals surface area contributed by atoms with Gasteiger partial charge in [0.2, 0.25) is 0 Å². The molecule has 0 unspecified atom stereocenters. The van der Waals surface area contributed by atoms with E-state index in [-0.39, 0.29) is 5.69 Å². The van der Waals surface area contributed by atoms with Gasteiger partial charge in [0.15, 0.2) is 5.69 Å². The predicted molar refractivity (Wildman–Crippen MR) is 69.7 cm³/mol. The molecule has 1 aromatic heterocycles. The molecule has 0 saturated carbocycles. The van der Waals surface area contributed by atoms with Crippen LogP contribution in [0, 0.1) is 0 Å². The van der Waals surface area contributed by atoms with Gasteiger partial charge in [0.25, 0.3) is 0 Å². The summed E-state index contributed by atoms with van der Waals surface area (Å²) in [5, 5.41) is 7.89. The fraction of sp³-hybridized carbons (Fsp3) is 0.308. The highest BCUT2D eigenvalue weighted by Gasteiger charge is 2.19. The predicted octanol–water partition coefficient (Wildman–Crippen LogP) is 0.614. The molecule has 0 aliphatic heterocycles. The molecule has 2 aromatic rings. The number of rotatable bonds is 5. The molecule has 1 heterocycles. The first-order chi connectivity index (χ1) is 9.26. The van der Waals surface area contributed by atoms with Gasteiger partial charge in [-0.1, -0.05) is 35.5 Å². The van der Waals surface area contributed by atoms with Crippen LogP contribution in [0.15, 0.2) is 30.3 Å². The van der Waals surface area contributed by atoms with Crippen LogP contribution < -0.4 is 5.73 Å². The summed E-state index contributed by atoms with van der Waals surface area (Å²) in [4.78, 5) is 11.6. The lowest BCUT2D eigenvalue weighted by atomic mass is 10.2. The molecule has 100 valence electrons. The summed E-state index contributed by atoms with van der Waals surface area (Å²) in [5.74, 6) is -0.484. The van der Waals surface area contributed by atoms with Gasteiger partial charge in [0, 0.05) is 6.42 Å². The zero-order valence-corrected chi connectivity index (χ0v) is 10.7. The number of hydrogen-bond acceptors (Lipinski definition) is 5. The van der Waals surface area contributed by atoms with E-state index in [0.717, 1.165) is 5.56 Å². The van der Waals surface area contributed by atoms with Crippen molar-refractivity contribution in [2.24, 2.45) is 5.73 Å². The number of nitrogens with zero attached hydrogens (tertiary/aromatic N) is 3. The van der Waals surface area contributed by atoms with E-state index in [1.807, 2.05) is 30.3 Å². The molecule has 6 heteroatoms. The maximum atomic E-state index is 11.6. The molecule has 2 N–H and O–H groups in total. The molecule has 0 saturated heterocycles. The van der Waals surface area contributed by atoms with Crippen LogP contribution in [-0.4, -0.2) is 34.6 Å². The third-order valence-electron chi connectivity index (χ3n) is 2.77. The fourth-order valence-electron chi connectivity index (χ4n) is 1.86. The smallest absolute Gasteiger partial charge is 0.360 e. The maximum absolute atomic E-state index is 11.6. The van der Waals surface area contributed by atoms with Crippen LogP contribution in [0.3, 0.4) is 0 Å². The molecule has 19 heavy (non-hydrogen) atoms. The number of hydrogen-bond donors (Lipinski definition) is 1. The van der Waals surface area contributed by atoms with Crippen LogP contribution in [0.1, 0.15) is 21.7 Å². The van der Waals surface area contributed by atoms with E-state index in [1.54, 1.807) is 4.68 Å². The molecule has 0 aliphatic rings. The van der Waals surface area contributed by atoms with E-state index in [2.05, 4.69) is 10.3 Å². The van der Waals surface area contributed by atoms with Crippen LogP contribution >= 0.6 is 0 Å². The largest absolute Gasteiger partial charge is 0.464 e. The van der Waals surface area contributed by atoms with Crippen molar-refractivity contribution >= 4 is 5.97 Å². The monoisotopic (exact) mass is 260 g/mol. The van der Waals surface area contributed by atoms with E-state index in [0.29, 0.717) is 25.2 Å². The number of methoxy groups -OCH3 is 1. The van der Waals surface area contributed by atoms with Gasteiger partial charge in [-0.25, -0.2) is 9.48 Å². The Hall–Kier alpha value is -2.21. The number of carbonyl (C=O) groups excluding carboxylic acids is 1. The second kappa shape index (κ2) is 6.10. The zero-order valence-electron chi connectivity index (χ0n) is 10.7. The molecule has 6 nitrogen and oxygen atoms in total. The average molecular weight is 260 g/mol. The first kappa shape index (κ1) is 13.2. The lowest BCUT2D eigenvalue weighted by molar-refractivity contribution is 0.0592. The summed E-state index contributed by atoms with van der Waals surface area (Å²) in [5.41, 5.74) is 7.60. The van der Waals surface area contributed by atoms with Crippen LogP contribution in [0.2, 0.25) is 0 Å². The van der Waals surface area contributed by atoms with Gasteiger partial charge in [-0.2, -0.15) is 0 Å². The number of carbonyl (C=O) groups is 1. The third kappa shape index (κ3) is 2.97. The van der Waals surface area contributed by atoms with Crippen LogP contribution in [0.5, 0.6) is 0 Å². The van der Waals surface area contributed by atoms with Crippen molar-refractivity contribution in [1.29, 1.82) is 0 Å². The molecule has 0 amide bonds. The molecule has 0 atom stereocenters. The van der Waals surface area contributed by atoms with Gasteiger partial charge in [0.05, 0.1) is 19.3 Å². The molecule has 0 fully saturated rings. The minimum absolute atomic E-state index is 0.240. The molecule has 0 radical (unpaired) electrons. The quantitative estimate of drug-likeness (QED) is 0.796. The SMILES string of the molecule is COC(=O)c1nnn(Cc2ccccc2)c1CCN. The van der Waals surface area contributed by atoms with Crippen molar-refractivity contribution in [3.63, 3.8) is 0 Å². The maximum Gasteiger partial charge on any atom is 0.360 e. The van der Waals surface area contributed by atoms with E-state index in [9.17, 15) is 4.79 Å². The minimum atomic E-state index is -0.484. The average Bonchev–Trinajstić information content (AvgIpc) is 2.83. The van der Waals surface area contributed by atoms with Gasteiger partial charge < -0.3 is 10.5 Å². The molecule has 1 aromatic carbocycles. The van der Waals surface area contributed by atoms with Gasteiger partial charge in [0.1, 0.15) is 0 Å². The molecular weight excluding hydrogens is 244 g/mol. The Morgan fingerprint density at radius 1 is 1.37 bits per heavy atom. The second-order valence-corrected chi connectivity index (χ2v) is 4.06. The number of nitrogens with two attached hydrogens (primary N) is 1. The Bertz CT molecular complexity index is 551. The number of benzene rings is 1. The van der Waals surface area contributed by atoms with E-state index >= 15 is 0 Å². The summed E-state index contributed by atoms with van der Waals surface area (Å²) in [6, 6.07) is 9.84. The van der Waals surface area contributed by atoms with Crippen LogP contribution in [0.25, 0.3) is 0 Å². The normalized spacial score (nSPS) is 10.4. The standard InChI is InChI=1S/C13H16N4O2/c1-19-13(18)12-11(7-8-14)17(16-15-12)9-10-5-3-2-4-6-10/h2-6H,7-9,14H2,1H3. The third-order valence-corrected chi connectivity index (χ3v) is 2.77. The molecule has 2 rings (SSSR count). The van der Waals surface area contributed by atoms with Crippen molar-refractivity contribution < 1.29 is 9.53 Å². The number of esters is 1. The molecule has 0 spiro atoms. The highest BCUT2D eigenvalue weighted by Crippen LogP contribution is 2.10. The van der Waals surface area contributed by atoms with Gasteiger partial charge in [-0.05, 0) is 12.1 Å². The summed E-state index contributed by atoms with van der Waals surface area (Å²) < 4.78 is 6.38. The summed E-state index contributed by atoms with van der Waals surface area (Å²) in [7, 11) is 1.32. The highest BCUT2D eigenvalue weighted by molar-refractivity contribution is 5.88. The lowest BCUT2D eigenvalue weighted by Gasteiger charge is -2.06. The first-order valence-electron chi connectivity index (χ1n) is 6.01. The van der Waals surface area contributed by atoms with Crippen molar-refractivity contribution in [2.75, 3.05) is 13.7 Å². The van der Waals surface area contributed by atoms with Crippen LogP contribution in [0.4, 0.5) is 0 Å². The van der Waals surface area contributed by atoms with Crippen molar-refractivity contribution in [1.82, 2.24) is 15.0 Å². The fourth-order valence-corrected chi connectivity index (χ4v) is 1.86. The van der Waals surface area contributed by atoms with Gasteiger partial charge >= 0.3 is 5.97 Å². The minimum Gasteiger partial charge on any atom is -0.464 e. The van der Waals surface area contributed by atoms with E-state index in [1.165, 1.54) is 7.11 Å². The lowest BCUT2D eigenvalue weighted by Crippen LogP contribution is -2.14. The summed E-state index contributed by atoms with van der Waals surface area (Å²) in [6.07, 6.45) is 0.532. The Labute approximate surface area is 111 Å². The second-order valence-electron chi connectivity index (χ2n) is 4.06. The van der Waals surface area contributed by atoms with E-state index < -0.39 is 5.97 Å². The van der Waals surface area contributed by atoms with Gasteiger partial charge in [-0.15, -0.1) is 5.10 Å². The first-order valence-corrected chi connectivity index (χ1v) is 6.01. The van der Waals surface area contributed by atoms with Crippen molar-refractivity contribution in [3.05, 3.63) is 47.3 Å². The Morgan fingerprint density at radius 2 is 2.11 bits per heavy atom. The zero-order chi connectivity index (χ0) is 13.7. The van der Waals surface area contributed by atoms with Crippen molar-refractivity contribution in [2.45, 2.75) is 13.0 Å². The Kier molecular flexibility index (Phi) is 4.25. The Balaban J connectivity index is 2.30. The molecule has 0 aliphatic carbocycles. The topological polar surface area (TPSA) is 83.0 Å². The highest BCUT2D eigenvalue weighted by atomic mass is 16.5. The Morgan fingerprint density at radius 3 is 2.74 bits per heavy atom. The number of aromatic nitrogens is 3.